The molecule has 0 saturated heterocycles. The summed E-state index contributed by atoms with van der Waals surface area (Å²) in [5, 5.41) is 3.22. The van der Waals surface area contributed by atoms with Gasteiger partial charge < -0.3 is 0 Å². The summed E-state index contributed by atoms with van der Waals surface area (Å²) in [5.41, 5.74) is 0.936. The van der Waals surface area contributed by atoms with Gasteiger partial charge in [0.1, 0.15) is 0 Å². The van der Waals surface area contributed by atoms with Crippen molar-refractivity contribution in [3.8, 4) is 0 Å². The Balaban J connectivity index is 3.30. The summed E-state index contributed by atoms with van der Waals surface area (Å²) in [6, 6.07) is 0. The maximum atomic E-state index is 5.68. The van der Waals surface area contributed by atoms with E-state index in [0.717, 1.165) is 36.3 Å². The molecule has 0 aromatic rings. The van der Waals surface area contributed by atoms with Crippen molar-refractivity contribution in [2.24, 2.45) is 0 Å². The zero-order valence-electron chi connectivity index (χ0n) is 7.31. The van der Waals surface area contributed by atoms with Crippen LogP contribution in [0.25, 0.3) is 0 Å². The Kier molecular flexibility index (Phi) is 6.67. The van der Waals surface area contributed by atoms with Crippen molar-refractivity contribution < 1.29 is 0 Å². The Morgan fingerprint density at radius 3 is 2.64 bits per heavy atom. The van der Waals surface area contributed by atoms with Gasteiger partial charge >= 0.3 is 75.1 Å². The predicted molar refractivity (Wildman–Crippen MR) is 56.8 cm³/mol. The third-order valence-corrected chi connectivity index (χ3v) is 1.40. The van der Waals surface area contributed by atoms with Crippen molar-refractivity contribution in [1.29, 1.82) is 0 Å². The standard InChI is InChI=1S/C8H15BNS/c1-3-4-10-6-8(9)5-7(2)11/h10H,3-6H2,1-2H3. The molecule has 0 bridgehead atoms. The van der Waals surface area contributed by atoms with Crippen LogP contribution in [0, 0.1) is 0 Å². The first-order chi connectivity index (χ1) is 5.16. The molecular weight excluding hydrogens is 153 g/mol. The van der Waals surface area contributed by atoms with E-state index in [4.69, 9.17) is 19.7 Å². The van der Waals surface area contributed by atoms with Gasteiger partial charge in [0.05, 0.1) is 0 Å². The van der Waals surface area contributed by atoms with Gasteiger partial charge in [0.2, 0.25) is 0 Å². The van der Waals surface area contributed by atoms with Crippen LogP contribution in [-0.2, 0) is 0 Å². The second-order valence-corrected chi connectivity index (χ2v) is 3.41. The molecule has 0 aromatic carbocycles. The van der Waals surface area contributed by atoms with Gasteiger partial charge in [0, 0.05) is 0 Å². The molecule has 0 spiro atoms. The van der Waals surface area contributed by atoms with Crippen molar-refractivity contribution in [3.05, 3.63) is 0 Å². The van der Waals surface area contributed by atoms with E-state index in [-0.39, 0.29) is 0 Å². The van der Waals surface area contributed by atoms with E-state index in [1.54, 1.807) is 0 Å². The molecule has 0 aliphatic heterocycles. The molecule has 1 N–H and O–H groups in total. The predicted octanol–water partition coefficient (Wildman–Crippen LogP) is 1.11. The molecular formula is C8H15BNS. The van der Waals surface area contributed by atoms with Crippen molar-refractivity contribution >= 4 is 30.0 Å². The number of nitrogens with one attached hydrogen (secondary N) is 1. The third kappa shape index (κ3) is 7.89. The number of rotatable bonds is 6. The molecule has 1 radical (unpaired) electrons. The molecule has 3 heteroatoms. The van der Waals surface area contributed by atoms with Crippen LogP contribution in [-0.4, -0.2) is 30.9 Å². The van der Waals surface area contributed by atoms with Crippen LogP contribution in [0.3, 0.4) is 0 Å². The Hall–Kier alpha value is -0.0151. The Bertz CT molecular complexity index is 145. The van der Waals surface area contributed by atoms with E-state index >= 15 is 0 Å². The van der Waals surface area contributed by atoms with Gasteiger partial charge in [-0.3, -0.25) is 0 Å². The van der Waals surface area contributed by atoms with Gasteiger partial charge in [-0.15, -0.1) is 0 Å². The van der Waals surface area contributed by atoms with E-state index < -0.39 is 0 Å². The molecule has 0 aromatic heterocycles. The first kappa shape index (κ1) is 11.0. The molecule has 0 heterocycles. The van der Waals surface area contributed by atoms with Crippen molar-refractivity contribution in [2.45, 2.75) is 26.7 Å². The van der Waals surface area contributed by atoms with Crippen LogP contribution in [0.4, 0.5) is 0 Å². The third-order valence-electron chi connectivity index (χ3n) is 1.25. The topological polar surface area (TPSA) is 12.0 Å². The summed E-state index contributed by atoms with van der Waals surface area (Å²) in [7, 11) is 5.68. The van der Waals surface area contributed by atoms with Crippen LogP contribution < -0.4 is 5.32 Å². The summed E-state index contributed by atoms with van der Waals surface area (Å²) in [6.07, 6.45) is 1.91. The van der Waals surface area contributed by atoms with E-state index in [9.17, 15) is 0 Å². The van der Waals surface area contributed by atoms with E-state index in [1.807, 2.05) is 6.92 Å². The van der Waals surface area contributed by atoms with Gasteiger partial charge in [-0.1, -0.05) is 0 Å². The van der Waals surface area contributed by atoms with Crippen LogP contribution >= 0.6 is 12.2 Å². The summed E-state index contributed by atoms with van der Waals surface area (Å²) in [6.45, 7) is 5.87. The maximum absolute atomic E-state index is 5.68. The van der Waals surface area contributed by atoms with Gasteiger partial charge in [0.25, 0.3) is 0 Å². The number of thiocarbonyl (C=S) groups is 1. The SMILES string of the molecule is [B]=C(CNCCC)CC(C)=S. The first-order valence-corrected chi connectivity index (χ1v) is 4.38. The quantitative estimate of drug-likeness (QED) is 0.362. The van der Waals surface area contributed by atoms with Crippen LogP contribution in [0.2, 0.25) is 0 Å². The minimum absolute atomic E-state index is 0.770. The molecule has 0 saturated carbocycles. The van der Waals surface area contributed by atoms with Gasteiger partial charge in [-0.05, 0) is 0 Å². The van der Waals surface area contributed by atoms with Crippen molar-refractivity contribution in [1.82, 2.24) is 5.32 Å². The summed E-state index contributed by atoms with van der Waals surface area (Å²) >= 11 is 4.92. The minimum atomic E-state index is 0.770. The van der Waals surface area contributed by atoms with Gasteiger partial charge in [-0.25, -0.2) is 0 Å². The fourth-order valence-electron chi connectivity index (χ4n) is 0.808. The van der Waals surface area contributed by atoms with E-state index in [1.165, 1.54) is 0 Å². The fraction of sp³-hybridized carbons (Fsp3) is 0.750. The van der Waals surface area contributed by atoms with Gasteiger partial charge in [-0.2, -0.15) is 0 Å². The molecule has 1 nitrogen and oxygen atoms in total. The zero-order valence-corrected chi connectivity index (χ0v) is 8.13. The second kappa shape index (κ2) is 6.68. The number of hydrogen-bond acceptors (Lipinski definition) is 2. The van der Waals surface area contributed by atoms with Crippen LogP contribution in [0.5, 0.6) is 0 Å². The second-order valence-electron chi connectivity index (χ2n) is 2.71. The van der Waals surface area contributed by atoms with E-state index in [0.29, 0.717) is 0 Å². The molecule has 11 heavy (non-hydrogen) atoms. The van der Waals surface area contributed by atoms with Crippen molar-refractivity contribution in [2.75, 3.05) is 13.1 Å². The monoisotopic (exact) mass is 168 g/mol. The molecule has 0 rings (SSSR count). The Labute approximate surface area is 75.6 Å². The first-order valence-electron chi connectivity index (χ1n) is 3.97. The average Bonchev–Trinajstić information content (AvgIpc) is 1.86. The summed E-state index contributed by atoms with van der Waals surface area (Å²) < 4.78 is 0. The summed E-state index contributed by atoms with van der Waals surface area (Å²) in [5.74, 6) is 0. The van der Waals surface area contributed by atoms with Gasteiger partial charge in [0.15, 0.2) is 0 Å². The normalized spacial score (nSPS) is 9.55. The van der Waals surface area contributed by atoms with E-state index in [2.05, 4.69) is 12.2 Å². The van der Waals surface area contributed by atoms with Crippen LogP contribution in [0.15, 0.2) is 0 Å². The number of hydrogen-bond donors (Lipinski definition) is 1. The molecule has 0 unspecified atom stereocenters. The molecule has 0 atom stereocenters. The zero-order chi connectivity index (χ0) is 8.69. The Morgan fingerprint density at radius 1 is 1.55 bits per heavy atom. The van der Waals surface area contributed by atoms with Crippen LogP contribution in [0.1, 0.15) is 26.7 Å². The fourth-order valence-corrected chi connectivity index (χ4v) is 0.993. The molecule has 61 valence electrons. The average molecular weight is 168 g/mol. The molecule has 0 amide bonds. The van der Waals surface area contributed by atoms with Crippen molar-refractivity contribution in [3.63, 3.8) is 0 Å². The Morgan fingerprint density at radius 2 is 2.18 bits per heavy atom. The molecule has 0 aliphatic carbocycles. The molecule has 0 aliphatic rings. The molecule has 0 fully saturated rings. The summed E-state index contributed by atoms with van der Waals surface area (Å²) in [4.78, 5) is 0.959.